The third kappa shape index (κ3) is 5.38. The summed E-state index contributed by atoms with van der Waals surface area (Å²) >= 11 is 1.60. The van der Waals surface area contributed by atoms with E-state index >= 15 is 0 Å². The second-order valence-corrected chi connectivity index (χ2v) is 10.5. The van der Waals surface area contributed by atoms with Crippen molar-refractivity contribution < 1.29 is 13.2 Å². The maximum absolute atomic E-state index is 12.9. The molecule has 0 aliphatic rings. The van der Waals surface area contributed by atoms with Gasteiger partial charge in [-0.1, -0.05) is 24.3 Å². The van der Waals surface area contributed by atoms with E-state index in [-0.39, 0.29) is 17.7 Å². The predicted molar refractivity (Wildman–Crippen MR) is 122 cm³/mol. The summed E-state index contributed by atoms with van der Waals surface area (Å²) in [6.07, 6.45) is 3.87. The van der Waals surface area contributed by atoms with Gasteiger partial charge in [0.05, 0.1) is 11.3 Å². The lowest BCUT2D eigenvalue weighted by molar-refractivity contribution is 0.0950. The predicted octanol–water partition coefficient (Wildman–Crippen LogP) is 3.91. The molecule has 1 amide bonds. The normalized spacial score (nSPS) is 11.8. The molecule has 0 aliphatic heterocycles. The van der Waals surface area contributed by atoms with E-state index in [0.717, 1.165) is 21.0 Å². The zero-order valence-electron chi connectivity index (χ0n) is 17.6. The van der Waals surface area contributed by atoms with Crippen molar-refractivity contribution in [3.05, 3.63) is 75.9 Å². The Bertz CT molecular complexity index is 1110. The van der Waals surface area contributed by atoms with Crippen molar-refractivity contribution in [3.63, 3.8) is 0 Å². The number of sulfonamides is 1. The summed E-state index contributed by atoms with van der Waals surface area (Å²) in [6.45, 7) is 7.94. The Balaban J connectivity index is 1.68. The summed E-state index contributed by atoms with van der Waals surface area (Å²) in [5.74, 6) is -0.181. The Kier molecular flexibility index (Phi) is 6.80. The molecule has 2 aromatic heterocycles. The third-order valence-electron chi connectivity index (χ3n) is 4.68. The molecule has 3 aromatic rings. The van der Waals surface area contributed by atoms with Gasteiger partial charge in [0.1, 0.15) is 5.00 Å². The minimum absolute atomic E-state index is 0.0641. The lowest BCUT2D eigenvalue weighted by Gasteiger charge is -2.11. The number of amides is 1. The van der Waals surface area contributed by atoms with Crippen LogP contribution in [0.15, 0.2) is 48.8 Å². The molecule has 0 atom stereocenters. The first kappa shape index (κ1) is 22.3. The van der Waals surface area contributed by atoms with E-state index in [2.05, 4.69) is 10.0 Å². The van der Waals surface area contributed by atoms with Gasteiger partial charge in [0.25, 0.3) is 5.91 Å². The van der Waals surface area contributed by atoms with Crippen molar-refractivity contribution in [3.8, 4) is 5.00 Å². The summed E-state index contributed by atoms with van der Waals surface area (Å²) in [6, 6.07) is 11.0. The van der Waals surface area contributed by atoms with Crippen molar-refractivity contribution in [1.29, 1.82) is 0 Å². The highest BCUT2D eigenvalue weighted by molar-refractivity contribution is 7.88. The largest absolute Gasteiger partial charge is 0.348 e. The highest BCUT2D eigenvalue weighted by Crippen LogP contribution is 2.31. The average Bonchev–Trinajstić information content (AvgIpc) is 3.28. The Labute approximate surface area is 182 Å². The number of thiophene rings is 1. The van der Waals surface area contributed by atoms with Gasteiger partial charge in [-0.2, -0.15) is 0 Å². The second kappa shape index (κ2) is 9.16. The molecule has 0 saturated carbocycles. The standard InChI is InChI=1S/C22H27N3O3S2/c1-15(2)24-30(27,28)14-19-9-7-18(8-10-19)13-23-21(26)20-16(3)17(4)29-22(20)25-11-5-6-12-25/h5-12,15,24H,13-14H2,1-4H3,(H,23,26). The molecule has 30 heavy (non-hydrogen) atoms. The van der Waals surface area contributed by atoms with E-state index in [1.165, 1.54) is 0 Å². The number of hydrogen-bond acceptors (Lipinski definition) is 4. The Morgan fingerprint density at radius 1 is 1.07 bits per heavy atom. The fourth-order valence-electron chi connectivity index (χ4n) is 3.17. The molecule has 6 nitrogen and oxygen atoms in total. The lowest BCUT2D eigenvalue weighted by atomic mass is 10.1. The van der Waals surface area contributed by atoms with Crippen molar-refractivity contribution in [2.24, 2.45) is 0 Å². The number of nitrogens with one attached hydrogen (secondary N) is 2. The quantitative estimate of drug-likeness (QED) is 0.552. The van der Waals surface area contributed by atoms with E-state index < -0.39 is 10.0 Å². The maximum atomic E-state index is 12.9. The third-order valence-corrected chi connectivity index (χ3v) is 7.45. The summed E-state index contributed by atoms with van der Waals surface area (Å²) in [5, 5.41) is 3.90. The summed E-state index contributed by atoms with van der Waals surface area (Å²) < 4.78 is 28.7. The Morgan fingerprint density at radius 3 is 2.27 bits per heavy atom. The second-order valence-electron chi connectivity index (χ2n) is 7.58. The van der Waals surface area contributed by atoms with Crippen LogP contribution in [0.5, 0.6) is 0 Å². The highest BCUT2D eigenvalue weighted by atomic mass is 32.2. The molecule has 8 heteroatoms. The van der Waals surface area contributed by atoms with Gasteiger partial charge < -0.3 is 9.88 Å². The molecule has 0 bridgehead atoms. The molecular weight excluding hydrogens is 418 g/mol. The van der Waals surface area contributed by atoms with Gasteiger partial charge in [0.2, 0.25) is 10.0 Å². The van der Waals surface area contributed by atoms with E-state index in [1.807, 2.05) is 55.1 Å². The molecule has 0 radical (unpaired) electrons. The van der Waals surface area contributed by atoms with E-state index in [4.69, 9.17) is 0 Å². The number of benzene rings is 1. The van der Waals surface area contributed by atoms with Crippen LogP contribution in [0.25, 0.3) is 5.00 Å². The van der Waals surface area contributed by atoms with E-state index in [0.29, 0.717) is 17.7 Å². The SMILES string of the molecule is Cc1sc(-n2cccc2)c(C(=O)NCc2ccc(CS(=O)(=O)NC(C)C)cc2)c1C. The molecule has 0 saturated heterocycles. The molecule has 160 valence electrons. The molecule has 1 aromatic carbocycles. The summed E-state index contributed by atoms with van der Waals surface area (Å²) in [7, 11) is -3.36. The van der Waals surface area contributed by atoms with Crippen LogP contribution < -0.4 is 10.0 Å². The maximum Gasteiger partial charge on any atom is 0.254 e. The van der Waals surface area contributed by atoms with Crippen molar-refractivity contribution in [1.82, 2.24) is 14.6 Å². The van der Waals surface area contributed by atoms with Crippen LogP contribution in [-0.4, -0.2) is 24.9 Å². The monoisotopic (exact) mass is 445 g/mol. The number of aromatic nitrogens is 1. The van der Waals surface area contributed by atoms with Crippen LogP contribution in [0.2, 0.25) is 0 Å². The molecule has 2 N–H and O–H groups in total. The summed E-state index contributed by atoms with van der Waals surface area (Å²) in [5.41, 5.74) is 3.29. The van der Waals surface area contributed by atoms with Crippen LogP contribution in [0.1, 0.15) is 45.8 Å². The topological polar surface area (TPSA) is 80.2 Å². The number of nitrogens with zero attached hydrogens (tertiary/aromatic N) is 1. The fraction of sp³-hybridized carbons (Fsp3) is 0.318. The zero-order chi connectivity index (χ0) is 21.9. The average molecular weight is 446 g/mol. The van der Waals surface area contributed by atoms with Gasteiger partial charge in [-0.3, -0.25) is 4.79 Å². The number of carbonyl (C=O) groups is 1. The van der Waals surface area contributed by atoms with Crippen molar-refractivity contribution in [2.75, 3.05) is 0 Å². The molecule has 0 spiro atoms. The molecule has 0 fully saturated rings. The molecule has 3 rings (SSSR count). The minimum Gasteiger partial charge on any atom is -0.348 e. The van der Waals surface area contributed by atoms with Crippen molar-refractivity contribution in [2.45, 2.75) is 46.0 Å². The van der Waals surface area contributed by atoms with E-state index in [1.54, 1.807) is 37.3 Å². The lowest BCUT2D eigenvalue weighted by Crippen LogP contribution is -2.31. The molecule has 2 heterocycles. The van der Waals surface area contributed by atoms with Gasteiger partial charge in [0, 0.05) is 29.9 Å². The first-order valence-electron chi connectivity index (χ1n) is 9.75. The zero-order valence-corrected chi connectivity index (χ0v) is 19.2. The Hall–Kier alpha value is -2.42. The number of carbonyl (C=O) groups excluding carboxylic acids is 1. The highest BCUT2D eigenvalue weighted by Gasteiger charge is 2.20. The van der Waals surface area contributed by atoms with E-state index in [9.17, 15) is 13.2 Å². The van der Waals surface area contributed by atoms with Crippen molar-refractivity contribution >= 4 is 27.3 Å². The van der Waals surface area contributed by atoms with Crippen LogP contribution in [0.3, 0.4) is 0 Å². The van der Waals surface area contributed by atoms with Crippen LogP contribution in [-0.2, 0) is 22.3 Å². The number of aryl methyl sites for hydroxylation is 1. The molecular formula is C22H27N3O3S2. The van der Waals surface area contributed by atoms with Crippen LogP contribution in [0.4, 0.5) is 0 Å². The number of rotatable bonds is 8. The number of hydrogen-bond donors (Lipinski definition) is 2. The van der Waals surface area contributed by atoms with Gasteiger partial charge in [0.15, 0.2) is 0 Å². The van der Waals surface area contributed by atoms with Crippen LogP contribution in [0, 0.1) is 13.8 Å². The Morgan fingerprint density at radius 2 is 1.67 bits per heavy atom. The van der Waals surface area contributed by atoms with Gasteiger partial charge in [-0.05, 0) is 56.5 Å². The smallest absolute Gasteiger partial charge is 0.254 e. The van der Waals surface area contributed by atoms with Gasteiger partial charge in [-0.25, -0.2) is 13.1 Å². The summed E-state index contributed by atoms with van der Waals surface area (Å²) in [4.78, 5) is 14.0. The molecule has 0 unspecified atom stereocenters. The van der Waals surface area contributed by atoms with Gasteiger partial charge >= 0.3 is 0 Å². The first-order valence-corrected chi connectivity index (χ1v) is 12.2. The fourth-order valence-corrected chi connectivity index (χ4v) is 5.73. The minimum atomic E-state index is -3.36. The first-order chi connectivity index (χ1) is 14.2. The molecule has 0 aliphatic carbocycles. The van der Waals surface area contributed by atoms with Gasteiger partial charge in [-0.15, -0.1) is 11.3 Å². The van der Waals surface area contributed by atoms with Crippen LogP contribution >= 0.6 is 11.3 Å².